The van der Waals surface area contributed by atoms with E-state index in [-0.39, 0.29) is 29.9 Å². The maximum atomic E-state index is 13.2. The molecule has 1 saturated carbocycles. The summed E-state index contributed by atoms with van der Waals surface area (Å²) >= 11 is 0. The summed E-state index contributed by atoms with van der Waals surface area (Å²) in [5.41, 5.74) is 4.53. The van der Waals surface area contributed by atoms with Gasteiger partial charge in [0.15, 0.2) is 0 Å². The van der Waals surface area contributed by atoms with Crippen molar-refractivity contribution in [1.29, 1.82) is 0 Å². The lowest BCUT2D eigenvalue weighted by Gasteiger charge is -2.51. The zero-order chi connectivity index (χ0) is 21.4. The smallest absolute Gasteiger partial charge is 0.410 e. The molecule has 0 radical (unpaired) electrons. The van der Waals surface area contributed by atoms with Gasteiger partial charge in [0.25, 0.3) is 0 Å². The average molecular weight is 420 g/mol. The SMILES string of the molecule is O=C(O)C[C@]12CCCC[C@@H]1N(C(=O)OCC1c3ccccc3-c3ccccc31)CCC2. The number of benzene rings is 2. The number of rotatable bonds is 4. The fourth-order valence-corrected chi connectivity index (χ4v) is 6.31. The van der Waals surface area contributed by atoms with Gasteiger partial charge in [0, 0.05) is 23.9 Å². The second-order valence-corrected chi connectivity index (χ2v) is 9.30. The van der Waals surface area contributed by atoms with Gasteiger partial charge >= 0.3 is 12.1 Å². The van der Waals surface area contributed by atoms with Crippen molar-refractivity contribution in [2.24, 2.45) is 5.41 Å². The van der Waals surface area contributed by atoms with Crippen LogP contribution in [0, 0.1) is 5.41 Å². The number of hydrogen-bond donors (Lipinski definition) is 1. The summed E-state index contributed by atoms with van der Waals surface area (Å²) < 4.78 is 5.92. The number of aliphatic carboxylic acids is 1. The van der Waals surface area contributed by atoms with Gasteiger partial charge in [-0.1, -0.05) is 61.4 Å². The molecule has 162 valence electrons. The summed E-state index contributed by atoms with van der Waals surface area (Å²) in [4.78, 5) is 26.7. The van der Waals surface area contributed by atoms with Gasteiger partial charge in [0.05, 0.1) is 6.42 Å². The maximum absolute atomic E-state index is 13.2. The number of carbonyl (C=O) groups is 2. The van der Waals surface area contributed by atoms with Crippen molar-refractivity contribution < 1.29 is 19.4 Å². The summed E-state index contributed by atoms with van der Waals surface area (Å²) in [5, 5.41) is 9.52. The maximum Gasteiger partial charge on any atom is 0.410 e. The molecule has 0 bridgehead atoms. The zero-order valence-corrected chi connectivity index (χ0v) is 17.8. The van der Waals surface area contributed by atoms with Crippen LogP contribution in [0.25, 0.3) is 11.1 Å². The summed E-state index contributed by atoms with van der Waals surface area (Å²) in [6.07, 6.45) is 5.43. The van der Waals surface area contributed by atoms with Crippen LogP contribution in [0.4, 0.5) is 4.79 Å². The second-order valence-electron chi connectivity index (χ2n) is 9.30. The highest BCUT2D eigenvalue weighted by Crippen LogP contribution is 2.49. The van der Waals surface area contributed by atoms with E-state index in [4.69, 9.17) is 4.74 Å². The molecular formula is C26H29NO4. The topological polar surface area (TPSA) is 66.8 Å². The van der Waals surface area contributed by atoms with Crippen LogP contribution in [-0.4, -0.2) is 41.3 Å². The van der Waals surface area contributed by atoms with Crippen molar-refractivity contribution in [3.63, 3.8) is 0 Å². The fourth-order valence-electron chi connectivity index (χ4n) is 6.31. The third kappa shape index (κ3) is 3.50. The number of carbonyl (C=O) groups excluding carboxylic acids is 1. The van der Waals surface area contributed by atoms with Gasteiger partial charge in [-0.3, -0.25) is 4.79 Å². The Morgan fingerprint density at radius 1 is 0.968 bits per heavy atom. The second kappa shape index (κ2) is 8.03. The van der Waals surface area contributed by atoms with Crippen LogP contribution in [0.1, 0.15) is 62.0 Å². The Labute approximate surface area is 183 Å². The highest BCUT2D eigenvalue weighted by molar-refractivity contribution is 5.79. The largest absolute Gasteiger partial charge is 0.481 e. The first-order valence-electron chi connectivity index (χ1n) is 11.4. The lowest BCUT2D eigenvalue weighted by Crippen LogP contribution is -2.56. The minimum atomic E-state index is -0.763. The molecule has 5 rings (SSSR count). The van der Waals surface area contributed by atoms with Crippen molar-refractivity contribution in [3.05, 3.63) is 59.7 Å². The van der Waals surface area contributed by atoms with Gasteiger partial charge in [0.2, 0.25) is 0 Å². The van der Waals surface area contributed by atoms with Gasteiger partial charge in [-0.15, -0.1) is 0 Å². The molecule has 0 aromatic heterocycles. The third-order valence-electron chi connectivity index (χ3n) is 7.63. The number of likely N-dealkylation sites (tertiary alicyclic amines) is 1. The van der Waals surface area contributed by atoms with E-state index in [9.17, 15) is 14.7 Å². The molecule has 3 aliphatic rings. The van der Waals surface area contributed by atoms with E-state index in [0.29, 0.717) is 13.2 Å². The van der Waals surface area contributed by atoms with E-state index in [1.54, 1.807) is 0 Å². The first-order chi connectivity index (χ1) is 15.1. The monoisotopic (exact) mass is 419 g/mol. The van der Waals surface area contributed by atoms with Crippen LogP contribution < -0.4 is 0 Å². The number of piperidine rings is 1. The first-order valence-corrected chi connectivity index (χ1v) is 11.4. The summed E-state index contributed by atoms with van der Waals surface area (Å²) in [6, 6.07) is 16.6. The zero-order valence-electron chi connectivity index (χ0n) is 17.8. The highest BCUT2D eigenvalue weighted by atomic mass is 16.6. The summed E-state index contributed by atoms with van der Waals surface area (Å²) in [6.45, 7) is 0.963. The molecule has 1 N–H and O–H groups in total. The van der Waals surface area contributed by atoms with Crippen molar-refractivity contribution >= 4 is 12.1 Å². The Morgan fingerprint density at radius 3 is 2.29 bits per heavy atom. The molecule has 2 aliphatic carbocycles. The quantitative estimate of drug-likeness (QED) is 0.717. The van der Waals surface area contributed by atoms with E-state index >= 15 is 0 Å². The molecule has 5 nitrogen and oxygen atoms in total. The normalized spacial score (nSPS) is 24.8. The number of hydrogen-bond acceptors (Lipinski definition) is 3. The van der Waals surface area contributed by atoms with E-state index in [1.165, 1.54) is 22.3 Å². The van der Waals surface area contributed by atoms with Crippen molar-refractivity contribution in [1.82, 2.24) is 4.90 Å². The van der Waals surface area contributed by atoms with Crippen LogP contribution >= 0.6 is 0 Å². The number of nitrogens with zero attached hydrogens (tertiary/aromatic N) is 1. The molecule has 1 aliphatic heterocycles. The van der Waals surface area contributed by atoms with Crippen molar-refractivity contribution in [2.75, 3.05) is 13.2 Å². The number of amides is 1. The van der Waals surface area contributed by atoms with E-state index in [0.717, 1.165) is 38.5 Å². The van der Waals surface area contributed by atoms with Gasteiger partial charge in [-0.25, -0.2) is 4.79 Å². The number of fused-ring (bicyclic) bond motifs is 4. The Kier molecular flexibility index (Phi) is 5.20. The molecule has 5 heteroatoms. The molecule has 0 spiro atoms. The molecule has 1 saturated heterocycles. The molecule has 2 atom stereocenters. The van der Waals surface area contributed by atoms with E-state index < -0.39 is 5.97 Å². The van der Waals surface area contributed by atoms with Crippen LogP contribution in [0.3, 0.4) is 0 Å². The Hall–Kier alpha value is -2.82. The average Bonchev–Trinajstić information content (AvgIpc) is 3.10. The Morgan fingerprint density at radius 2 is 1.61 bits per heavy atom. The van der Waals surface area contributed by atoms with Gasteiger partial charge in [-0.2, -0.15) is 0 Å². The van der Waals surface area contributed by atoms with E-state index in [2.05, 4.69) is 24.3 Å². The standard InChI is InChI=1S/C26H29NO4/c28-24(29)16-26-13-6-5-12-23(26)27(15-7-14-26)25(30)31-17-22-20-10-3-1-8-18(20)19-9-2-4-11-21(19)22/h1-4,8-11,22-23H,5-7,12-17H2,(H,28,29)/t23-,26+/m0/s1. The third-order valence-corrected chi connectivity index (χ3v) is 7.63. The number of carboxylic acids is 1. The minimum Gasteiger partial charge on any atom is -0.481 e. The van der Waals surface area contributed by atoms with E-state index in [1.807, 2.05) is 29.2 Å². The molecule has 2 fully saturated rings. The molecule has 2 aromatic carbocycles. The first kappa shape index (κ1) is 20.1. The molecule has 1 heterocycles. The molecule has 0 unspecified atom stereocenters. The van der Waals surface area contributed by atoms with Crippen LogP contribution in [0.15, 0.2) is 48.5 Å². The van der Waals surface area contributed by atoms with Crippen LogP contribution in [0.2, 0.25) is 0 Å². The molecule has 31 heavy (non-hydrogen) atoms. The van der Waals surface area contributed by atoms with Crippen LogP contribution in [-0.2, 0) is 9.53 Å². The Bertz CT molecular complexity index is 953. The predicted molar refractivity (Wildman–Crippen MR) is 118 cm³/mol. The summed E-state index contributed by atoms with van der Waals surface area (Å²) in [5.74, 6) is -0.724. The van der Waals surface area contributed by atoms with Crippen molar-refractivity contribution in [2.45, 2.75) is 56.9 Å². The lowest BCUT2D eigenvalue weighted by molar-refractivity contribution is -0.143. The Balaban J connectivity index is 1.34. The van der Waals surface area contributed by atoms with Gasteiger partial charge in [0.1, 0.15) is 6.61 Å². The summed E-state index contributed by atoms with van der Waals surface area (Å²) in [7, 11) is 0. The number of carboxylic acid groups (broad SMARTS) is 1. The fraction of sp³-hybridized carbons (Fsp3) is 0.462. The minimum absolute atomic E-state index is 0.0262. The molecule has 1 amide bonds. The predicted octanol–water partition coefficient (Wildman–Crippen LogP) is 5.44. The van der Waals surface area contributed by atoms with Gasteiger partial charge in [-0.05, 0) is 47.9 Å². The lowest BCUT2D eigenvalue weighted by atomic mass is 9.63. The molecule has 2 aromatic rings. The van der Waals surface area contributed by atoms with Crippen LogP contribution in [0.5, 0.6) is 0 Å². The number of ether oxygens (including phenoxy) is 1. The highest BCUT2D eigenvalue weighted by Gasteiger charge is 2.49. The molecular weight excluding hydrogens is 390 g/mol. The van der Waals surface area contributed by atoms with Crippen molar-refractivity contribution in [3.8, 4) is 11.1 Å². The van der Waals surface area contributed by atoms with Gasteiger partial charge < -0.3 is 14.7 Å².